The zero-order valence-corrected chi connectivity index (χ0v) is 11.2. The smallest absolute Gasteiger partial charge is 0.333 e. The third-order valence-corrected chi connectivity index (χ3v) is 2.81. The summed E-state index contributed by atoms with van der Waals surface area (Å²) in [5, 5.41) is 14.3. The van der Waals surface area contributed by atoms with Gasteiger partial charge in [0.25, 0.3) is 0 Å². The summed E-state index contributed by atoms with van der Waals surface area (Å²) < 4.78 is 5.31. The Hall–Kier alpha value is -2.56. The van der Waals surface area contributed by atoms with Crippen molar-refractivity contribution < 1.29 is 9.66 Å². The van der Waals surface area contributed by atoms with Crippen LogP contribution < -0.4 is 10.1 Å². The van der Waals surface area contributed by atoms with Crippen LogP contribution in [0.2, 0.25) is 0 Å². The molecule has 0 saturated heterocycles. The van der Waals surface area contributed by atoms with Crippen LogP contribution in [0, 0.1) is 10.1 Å². The van der Waals surface area contributed by atoms with Crippen LogP contribution in [0.15, 0.2) is 48.5 Å². The van der Waals surface area contributed by atoms with E-state index in [1.54, 1.807) is 25.1 Å². The summed E-state index contributed by atoms with van der Waals surface area (Å²) in [7, 11) is 0. The van der Waals surface area contributed by atoms with Crippen LogP contribution >= 0.6 is 0 Å². The Bertz CT molecular complexity index is 585. The standard InChI is InChI=1S/C15H16N2O3/c1-2-20-14-10-6-9-13(15(14)17(18)19)16-11-12-7-4-3-5-8-12/h3-10,16H,2,11H2,1H3. The van der Waals surface area contributed by atoms with Gasteiger partial charge in [0.1, 0.15) is 5.69 Å². The summed E-state index contributed by atoms with van der Waals surface area (Å²) in [6.45, 7) is 2.72. The molecule has 104 valence electrons. The van der Waals surface area contributed by atoms with E-state index in [2.05, 4.69) is 5.32 Å². The molecule has 1 N–H and O–H groups in total. The first-order valence-corrected chi connectivity index (χ1v) is 6.40. The third-order valence-electron chi connectivity index (χ3n) is 2.81. The molecule has 0 aliphatic carbocycles. The van der Waals surface area contributed by atoms with E-state index in [1.807, 2.05) is 30.3 Å². The summed E-state index contributed by atoms with van der Waals surface area (Å²) >= 11 is 0. The Labute approximate surface area is 117 Å². The highest BCUT2D eigenvalue weighted by Gasteiger charge is 2.20. The molecule has 0 aliphatic heterocycles. The van der Waals surface area contributed by atoms with Gasteiger partial charge in [0.15, 0.2) is 5.75 Å². The molecule has 5 heteroatoms. The van der Waals surface area contributed by atoms with Gasteiger partial charge in [-0.25, -0.2) is 0 Å². The SMILES string of the molecule is CCOc1cccc(NCc2ccccc2)c1[N+](=O)[O-]. The largest absolute Gasteiger partial charge is 0.487 e. The summed E-state index contributed by atoms with van der Waals surface area (Å²) in [6, 6.07) is 14.8. The molecule has 20 heavy (non-hydrogen) atoms. The molecule has 0 bridgehead atoms. The maximum Gasteiger partial charge on any atom is 0.333 e. The fraction of sp³-hybridized carbons (Fsp3) is 0.200. The monoisotopic (exact) mass is 272 g/mol. The molecule has 0 unspecified atom stereocenters. The van der Waals surface area contributed by atoms with Gasteiger partial charge >= 0.3 is 5.69 Å². The first-order valence-electron chi connectivity index (χ1n) is 6.40. The lowest BCUT2D eigenvalue weighted by Crippen LogP contribution is -2.04. The highest BCUT2D eigenvalue weighted by molar-refractivity contribution is 5.68. The van der Waals surface area contributed by atoms with E-state index < -0.39 is 4.92 Å². The fourth-order valence-electron chi connectivity index (χ4n) is 1.92. The number of para-hydroxylation sites is 1. The Kier molecular flexibility index (Phi) is 4.55. The average Bonchev–Trinajstić information content (AvgIpc) is 2.46. The molecule has 5 nitrogen and oxygen atoms in total. The minimum absolute atomic E-state index is 0.0229. The number of hydrogen-bond acceptors (Lipinski definition) is 4. The van der Waals surface area contributed by atoms with Crippen LogP contribution in [0.25, 0.3) is 0 Å². The average molecular weight is 272 g/mol. The summed E-state index contributed by atoms with van der Waals surface area (Å²) in [5.41, 5.74) is 1.50. The lowest BCUT2D eigenvalue weighted by molar-refractivity contribution is -0.384. The van der Waals surface area contributed by atoms with Gasteiger partial charge < -0.3 is 10.1 Å². The Balaban J connectivity index is 2.22. The summed E-state index contributed by atoms with van der Waals surface area (Å²) in [6.07, 6.45) is 0. The van der Waals surface area contributed by atoms with Gasteiger partial charge in [0.2, 0.25) is 0 Å². The molecule has 0 heterocycles. The van der Waals surface area contributed by atoms with E-state index in [-0.39, 0.29) is 11.4 Å². The van der Waals surface area contributed by atoms with Crippen LogP contribution in [0.5, 0.6) is 5.75 Å². The van der Waals surface area contributed by atoms with Crippen molar-refractivity contribution in [3.8, 4) is 5.75 Å². The van der Waals surface area contributed by atoms with E-state index in [1.165, 1.54) is 0 Å². The van der Waals surface area contributed by atoms with E-state index >= 15 is 0 Å². The van der Waals surface area contributed by atoms with Crippen molar-refractivity contribution in [3.05, 3.63) is 64.2 Å². The van der Waals surface area contributed by atoms with Crippen LogP contribution in [-0.4, -0.2) is 11.5 Å². The number of nitro benzene ring substituents is 1. The number of nitrogens with one attached hydrogen (secondary N) is 1. The third kappa shape index (κ3) is 3.26. The van der Waals surface area contributed by atoms with Gasteiger partial charge in [0.05, 0.1) is 11.5 Å². The van der Waals surface area contributed by atoms with Gasteiger partial charge in [-0.2, -0.15) is 0 Å². The van der Waals surface area contributed by atoms with Gasteiger partial charge in [-0.1, -0.05) is 36.4 Å². The van der Waals surface area contributed by atoms with Crippen LogP contribution in [0.3, 0.4) is 0 Å². The number of benzene rings is 2. The van der Waals surface area contributed by atoms with Gasteiger partial charge in [-0.3, -0.25) is 10.1 Å². The van der Waals surface area contributed by atoms with Gasteiger partial charge in [-0.15, -0.1) is 0 Å². The summed E-state index contributed by atoms with van der Waals surface area (Å²) in [5.74, 6) is 0.288. The molecule has 0 saturated carbocycles. The lowest BCUT2D eigenvalue weighted by Gasteiger charge is -2.10. The minimum atomic E-state index is -0.418. The molecule has 0 spiro atoms. The zero-order valence-electron chi connectivity index (χ0n) is 11.2. The van der Waals surface area contributed by atoms with Crippen molar-refractivity contribution in [2.24, 2.45) is 0 Å². The Morgan fingerprint density at radius 3 is 2.55 bits per heavy atom. The number of hydrogen-bond donors (Lipinski definition) is 1. The van der Waals surface area contributed by atoms with Gasteiger partial charge in [-0.05, 0) is 24.6 Å². The van der Waals surface area contributed by atoms with E-state index in [0.717, 1.165) is 5.56 Å². The second kappa shape index (κ2) is 6.56. The van der Waals surface area contributed by atoms with Crippen molar-refractivity contribution >= 4 is 11.4 Å². The molecule has 2 aromatic rings. The predicted molar refractivity (Wildman–Crippen MR) is 78.0 cm³/mol. The first kappa shape index (κ1) is 13.9. The molecule has 2 rings (SSSR count). The number of ether oxygens (including phenoxy) is 1. The second-order valence-corrected chi connectivity index (χ2v) is 4.18. The van der Waals surface area contributed by atoms with Crippen molar-refractivity contribution in [1.29, 1.82) is 0 Å². The van der Waals surface area contributed by atoms with Crippen molar-refractivity contribution in [1.82, 2.24) is 0 Å². The summed E-state index contributed by atoms with van der Waals surface area (Å²) in [4.78, 5) is 10.8. The maximum atomic E-state index is 11.2. The molecule has 0 atom stereocenters. The Morgan fingerprint density at radius 2 is 1.90 bits per heavy atom. The fourth-order valence-corrected chi connectivity index (χ4v) is 1.92. The lowest BCUT2D eigenvalue weighted by atomic mass is 10.2. The zero-order chi connectivity index (χ0) is 14.4. The normalized spacial score (nSPS) is 10.1. The molecule has 0 aromatic heterocycles. The minimum Gasteiger partial charge on any atom is -0.487 e. The molecule has 0 amide bonds. The first-order chi connectivity index (χ1) is 9.72. The molecule has 0 fully saturated rings. The van der Waals surface area contributed by atoms with E-state index in [9.17, 15) is 10.1 Å². The van der Waals surface area contributed by atoms with Crippen LogP contribution in [-0.2, 0) is 6.54 Å². The molecule has 0 radical (unpaired) electrons. The number of rotatable bonds is 6. The predicted octanol–water partition coefficient (Wildman–Crippen LogP) is 3.61. The van der Waals surface area contributed by atoms with E-state index in [0.29, 0.717) is 18.8 Å². The number of nitro groups is 1. The Morgan fingerprint density at radius 1 is 1.15 bits per heavy atom. The molecule has 2 aromatic carbocycles. The maximum absolute atomic E-state index is 11.2. The highest BCUT2D eigenvalue weighted by atomic mass is 16.6. The van der Waals surface area contributed by atoms with Crippen LogP contribution in [0.1, 0.15) is 12.5 Å². The van der Waals surface area contributed by atoms with Crippen molar-refractivity contribution in [2.45, 2.75) is 13.5 Å². The van der Waals surface area contributed by atoms with Gasteiger partial charge in [0, 0.05) is 6.54 Å². The van der Waals surface area contributed by atoms with E-state index in [4.69, 9.17) is 4.74 Å². The second-order valence-electron chi connectivity index (χ2n) is 4.18. The highest BCUT2D eigenvalue weighted by Crippen LogP contribution is 2.34. The topological polar surface area (TPSA) is 64.4 Å². The van der Waals surface area contributed by atoms with Crippen LogP contribution in [0.4, 0.5) is 11.4 Å². The van der Waals surface area contributed by atoms with Crippen molar-refractivity contribution in [3.63, 3.8) is 0 Å². The number of anilines is 1. The molecular formula is C15H16N2O3. The molecule has 0 aliphatic rings. The number of nitrogens with zero attached hydrogens (tertiary/aromatic N) is 1. The van der Waals surface area contributed by atoms with Crippen molar-refractivity contribution in [2.75, 3.05) is 11.9 Å². The molecular weight excluding hydrogens is 256 g/mol. The quantitative estimate of drug-likeness (QED) is 0.644.